The highest BCUT2D eigenvalue weighted by Gasteiger charge is 2.30. The lowest BCUT2D eigenvalue weighted by molar-refractivity contribution is -0.137. The Balaban J connectivity index is 0.00000392. The highest BCUT2D eigenvalue weighted by molar-refractivity contribution is 14.0. The van der Waals surface area contributed by atoms with Crippen molar-refractivity contribution in [1.82, 2.24) is 16.0 Å². The molecule has 1 aliphatic rings. The minimum atomic E-state index is -4.38. The average Bonchev–Trinajstić information content (AvgIpc) is 3.46. The van der Waals surface area contributed by atoms with Gasteiger partial charge in [0.15, 0.2) is 5.96 Å². The van der Waals surface area contributed by atoms with Crippen LogP contribution in [0.5, 0.6) is 0 Å². The summed E-state index contributed by atoms with van der Waals surface area (Å²) in [5, 5.41) is 8.86. The molecule has 0 unspecified atom stereocenters. The van der Waals surface area contributed by atoms with Gasteiger partial charge in [-0.25, -0.2) is 0 Å². The molecule has 0 bridgehead atoms. The first-order chi connectivity index (χ1) is 12.9. The lowest BCUT2D eigenvalue weighted by atomic mass is 10.1. The average molecular weight is 508 g/mol. The second kappa shape index (κ2) is 11.8. The van der Waals surface area contributed by atoms with Crippen LogP contribution in [-0.2, 0) is 11.0 Å². The van der Waals surface area contributed by atoms with Crippen LogP contribution in [0.3, 0.4) is 0 Å². The van der Waals surface area contributed by atoms with E-state index in [1.54, 1.807) is 0 Å². The number of nitrogens with zero attached hydrogens (tertiary/aromatic N) is 1. The molecule has 0 aliphatic heterocycles. The summed E-state index contributed by atoms with van der Waals surface area (Å²) in [6, 6.07) is 4.90. The smallest absolute Gasteiger partial charge is 0.357 e. The van der Waals surface area contributed by atoms with Crippen LogP contribution < -0.4 is 16.0 Å². The molecule has 28 heavy (non-hydrogen) atoms. The number of carbonyl (C=O) groups is 1. The van der Waals surface area contributed by atoms with Gasteiger partial charge in [0.05, 0.1) is 18.7 Å². The quantitative estimate of drug-likeness (QED) is 0.182. The Hall–Kier alpha value is -1.96. The fourth-order valence-corrected chi connectivity index (χ4v) is 2.23. The van der Waals surface area contributed by atoms with Crippen molar-refractivity contribution in [3.05, 3.63) is 35.4 Å². The minimum absolute atomic E-state index is 0. The van der Waals surface area contributed by atoms with E-state index in [4.69, 9.17) is 0 Å². The molecule has 2 rings (SSSR count). The van der Waals surface area contributed by atoms with Gasteiger partial charge in [-0.15, -0.1) is 24.0 Å². The monoisotopic (exact) mass is 508 g/mol. The van der Waals surface area contributed by atoms with Gasteiger partial charge in [-0.1, -0.05) is 17.9 Å². The van der Waals surface area contributed by atoms with Gasteiger partial charge in [-0.05, 0) is 38.0 Å². The third-order valence-corrected chi connectivity index (χ3v) is 3.74. The minimum Gasteiger partial charge on any atom is -0.357 e. The first kappa shape index (κ1) is 24.1. The lowest BCUT2D eigenvalue weighted by Gasteiger charge is -2.09. The highest BCUT2D eigenvalue weighted by atomic mass is 127. The molecule has 1 aliphatic carbocycles. The molecular formula is C19H24F3IN4O. The zero-order chi connectivity index (χ0) is 19.7. The molecule has 5 nitrogen and oxygen atoms in total. The van der Waals surface area contributed by atoms with Crippen molar-refractivity contribution in [2.45, 2.75) is 25.9 Å². The molecule has 1 aromatic carbocycles. The molecular weight excluding hydrogens is 484 g/mol. The van der Waals surface area contributed by atoms with Crippen LogP contribution in [0.1, 0.15) is 30.9 Å². The second-order valence-electron chi connectivity index (χ2n) is 6.06. The summed E-state index contributed by atoms with van der Waals surface area (Å²) in [6.07, 6.45) is -2.45. The van der Waals surface area contributed by atoms with E-state index < -0.39 is 11.7 Å². The highest BCUT2D eigenvalue weighted by Crippen LogP contribution is 2.29. The molecule has 154 valence electrons. The van der Waals surface area contributed by atoms with Gasteiger partial charge < -0.3 is 16.0 Å². The third-order valence-electron chi connectivity index (χ3n) is 3.74. The number of aliphatic imine (C=N–C) groups is 1. The van der Waals surface area contributed by atoms with Gasteiger partial charge in [0, 0.05) is 24.6 Å². The number of carbonyl (C=O) groups excluding carboxylic acids is 1. The predicted octanol–water partition coefficient (Wildman–Crippen LogP) is 2.76. The third kappa shape index (κ3) is 8.82. The second-order valence-corrected chi connectivity index (χ2v) is 6.06. The normalized spacial score (nSPS) is 13.6. The van der Waals surface area contributed by atoms with Crippen molar-refractivity contribution < 1.29 is 18.0 Å². The van der Waals surface area contributed by atoms with Gasteiger partial charge in [-0.2, -0.15) is 13.2 Å². The van der Waals surface area contributed by atoms with Gasteiger partial charge in [0.25, 0.3) is 0 Å². The molecule has 9 heteroatoms. The molecule has 0 saturated heterocycles. The van der Waals surface area contributed by atoms with Crippen molar-refractivity contribution >= 4 is 35.8 Å². The standard InChI is InChI=1S/C19H23F3N4O.HI/c1-2-23-18(26-12-11-24-17(27)15-8-9-15)25-10-4-6-14-5-3-7-16(13-14)19(20,21)22;/h3,5,7,13,15H,2,8-12H2,1H3,(H,24,27)(H2,23,25,26);1H. The summed E-state index contributed by atoms with van der Waals surface area (Å²) in [5.74, 6) is 6.28. The Morgan fingerprint density at radius 2 is 2.00 bits per heavy atom. The van der Waals surface area contributed by atoms with E-state index >= 15 is 0 Å². The molecule has 1 aromatic rings. The van der Waals surface area contributed by atoms with E-state index in [2.05, 4.69) is 32.8 Å². The number of amides is 1. The predicted molar refractivity (Wildman–Crippen MR) is 113 cm³/mol. The number of alkyl halides is 3. The van der Waals surface area contributed by atoms with E-state index in [1.165, 1.54) is 12.1 Å². The van der Waals surface area contributed by atoms with Crippen LogP contribution in [0, 0.1) is 17.8 Å². The van der Waals surface area contributed by atoms with Crippen LogP contribution in [0.2, 0.25) is 0 Å². The molecule has 1 amide bonds. The fourth-order valence-electron chi connectivity index (χ4n) is 2.23. The lowest BCUT2D eigenvalue weighted by Crippen LogP contribution is -2.38. The topological polar surface area (TPSA) is 65.5 Å². The van der Waals surface area contributed by atoms with Gasteiger partial charge in [0.1, 0.15) is 0 Å². The van der Waals surface area contributed by atoms with Gasteiger partial charge in [-0.3, -0.25) is 9.79 Å². The molecule has 1 saturated carbocycles. The van der Waals surface area contributed by atoms with Crippen LogP contribution in [0.25, 0.3) is 0 Å². The van der Waals surface area contributed by atoms with Gasteiger partial charge in [0.2, 0.25) is 5.91 Å². The number of halogens is 4. The molecule has 1 fully saturated rings. The largest absolute Gasteiger partial charge is 0.416 e. The Morgan fingerprint density at radius 3 is 2.64 bits per heavy atom. The molecule has 0 radical (unpaired) electrons. The summed E-state index contributed by atoms with van der Waals surface area (Å²) in [4.78, 5) is 15.8. The number of guanidine groups is 1. The molecule has 3 N–H and O–H groups in total. The summed E-state index contributed by atoms with van der Waals surface area (Å²) in [7, 11) is 0. The SMILES string of the molecule is CCNC(=NCCNC(=O)C1CC1)NCC#Cc1cccc(C(F)(F)F)c1.I. The molecule has 0 aromatic heterocycles. The van der Waals surface area contributed by atoms with Gasteiger partial charge >= 0.3 is 6.18 Å². The van der Waals surface area contributed by atoms with Crippen molar-refractivity contribution in [1.29, 1.82) is 0 Å². The maximum Gasteiger partial charge on any atom is 0.416 e. The summed E-state index contributed by atoms with van der Waals surface area (Å²) in [5.41, 5.74) is -0.415. The molecule has 0 atom stereocenters. The van der Waals surface area contributed by atoms with Crippen molar-refractivity contribution in [2.75, 3.05) is 26.2 Å². The van der Waals surface area contributed by atoms with Crippen LogP contribution in [0.4, 0.5) is 13.2 Å². The van der Waals surface area contributed by atoms with Crippen molar-refractivity contribution in [3.8, 4) is 11.8 Å². The van der Waals surface area contributed by atoms with E-state index in [9.17, 15) is 18.0 Å². The number of hydrogen-bond donors (Lipinski definition) is 3. The summed E-state index contributed by atoms with van der Waals surface area (Å²) < 4.78 is 38.0. The fraction of sp³-hybridized carbons (Fsp3) is 0.474. The van der Waals surface area contributed by atoms with E-state index in [-0.39, 0.29) is 42.3 Å². The Kier molecular flexibility index (Phi) is 10.1. The summed E-state index contributed by atoms with van der Waals surface area (Å²) in [6.45, 7) is 3.69. The first-order valence-electron chi connectivity index (χ1n) is 8.86. The number of hydrogen-bond acceptors (Lipinski definition) is 2. The van der Waals surface area contributed by atoms with Crippen molar-refractivity contribution in [2.24, 2.45) is 10.9 Å². The Bertz CT molecular complexity index is 737. The van der Waals surface area contributed by atoms with Crippen molar-refractivity contribution in [3.63, 3.8) is 0 Å². The van der Waals surface area contributed by atoms with Crippen LogP contribution in [0.15, 0.2) is 29.3 Å². The Labute approximate surface area is 180 Å². The maximum atomic E-state index is 12.7. The molecule has 0 spiro atoms. The summed E-state index contributed by atoms with van der Waals surface area (Å²) >= 11 is 0. The Morgan fingerprint density at radius 1 is 1.25 bits per heavy atom. The van der Waals surface area contributed by atoms with E-state index in [0.717, 1.165) is 25.0 Å². The van der Waals surface area contributed by atoms with E-state index in [0.29, 0.717) is 31.2 Å². The number of nitrogens with one attached hydrogen (secondary N) is 3. The zero-order valence-corrected chi connectivity index (χ0v) is 17.9. The number of rotatable bonds is 6. The first-order valence-corrected chi connectivity index (χ1v) is 8.86. The van der Waals surface area contributed by atoms with Crippen LogP contribution in [-0.4, -0.2) is 38.0 Å². The number of benzene rings is 1. The van der Waals surface area contributed by atoms with Crippen LogP contribution >= 0.6 is 24.0 Å². The van der Waals surface area contributed by atoms with E-state index in [1.807, 2.05) is 6.92 Å². The molecule has 0 heterocycles. The maximum absolute atomic E-state index is 12.7. The zero-order valence-electron chi connectivity index (χ0n) is 15.5.